The van der Waals surface area contributed by atoms with Gasteiger partial charge in [-0.05, 0) is 73.5 Å². The first-order chi connectivity index (χ1) is 18.7. The molecule has 0 aromatic heterocycles. The van der Waals surface area contributed by atoms with Crippen LogP contribution >= 0.6 is 23.5 Å². The minimum absolute atomic E-state index is 0.720. The molecule has 4 nitrogen and oxygen atoms in total. The molecule has 2 aliphatic rings. The van der Waals surface area contributed by atoms with Crippen LogP contribution in [0.1, 0.15) is 46.4 Å². The molecule has 6 rings (SSSR count). The molecule has 2 aliphatic heterocycles. The second kappa shape index (κ2) is 11.1. The summed E-state index contributed by atoms with van der Waals surface area (Å²) < 4.78 is 0. The number of hydrogen-bond acceptors (Lipinski definition) is 6. The summed E-state index contributed by atoms with van der Waals surface area (Å²) in [6.07, 6.45) is 6.33. The van der Waals surface area contributed by atoms with Crippen LogP contribution in [0.25, 0.3) is 0 Å². The Morgan fingerprint density at radius 2 is 0.921 bits per heavy atom. The van der Waals surface area contributed by atoms with Gasteiger partial charge in [-0.25, -0.2) is 0 Å². The first-order valence-electron chi connectivity index (χ1n) is 13.0. The SMILES string of the molecule is O=Cc1ccc2c(c1)Sc1ccccc1N2CCCCCCN1c2ccccc2Sc2cc(C=O)ccc21. The number of benzene rings is 4. The lowest BCUT2D eigenvalue weighted by molar-refractivity contribution is 0.111. The first kappa shape index (κ1) is 24.8. The molecular formula is C32H28N2O2S2. The fraction of sp³-hybridized carbons (Fsp3) is 0.188. The zero-order valence-corrected chi connectivity index (χ0v) is 22.6. The minimum Gasteiger partial charge on any atom is -0.340 e. The maximum absolute atomic E-state index is 11.3. The molecule has 0 bridgehead atoms. The van der Waals surface area contributed by atoms with E-state index in [4.69, 9.17) is 0 Å². The van der Waals surface area contributed by atoms with Gasteiger partial charge in [0.05, 0.1) is 22.7 Å². The number of para-hydroxylation sites is 2. The number of rotatable bonds is 9. The van der Waals surface area contributed by atoms with Crippen molar-refractivity contribution in [1.29, 1.82) is 0 Å². The molecule has 2 heterocycles. The van der Waals surface area contributed by atoms with Crippen LogP contribution in [0, 0.1) is 0 Å². The van der Waals surface area contributed by atoms with Crippen LogP contribution in [-0.4, -0.2) is 25.7 Å². The minimum atomic E-state index is 0.720. The third-order valence-electron chi connectivity index (χ3n) is 7.09. The van der Waals surface area contributed by atoms with Crippen molar-refractivity contribution in [3.8, 4) is 0 Å². The molecule has 4 aromatic rings. The molecule has 38 heavy (non-hydrogen) atoms. The molecule has 0 atom stereocenters. The zero-order chi connectivity index (χ0) is 25.9. The lowest BCUT2D eigenvalue weighted by Gasteiger charge is -2.33. The van der Waals surface area contributed by atoms with E-state index < -0.39 is 0 Å². The van der Waals surface area contributed by atoms with Gasteiger partial charge in [-0.2, -0.15) is 0 Å². The van der Waals surface area contributed by atoms with Gasteiger partial charge in [-0.15, -0.1) is 0 Å². The monoisotopic (exact) mass is 536 g/mol. The molecule has 0 saturated carbocycles. The highest BCUT2D eigenvalue weighted by atomic mass is 32.2. The van der Waals surface area contributed by atoms with Crippen molar-refractivity contribution in [2.75, 3.05) is 22.9 Å². The summed E-state index contributed by atoms with van der Waals surface area (Å²) in [6, 6.07) is 29.1. The van der Waals surface area contributed by atoms with E-state index in [9.17, 15) is 9.59 Å². The number of aldehydes is 2. The molecule has 4 aromatic carbocycles. The summed E-state index contributed by atoms with van der Waals surface area (Å²) in [4.78, 5) is 32.2. The summed E-state index contributed by atoms with van der Waals surface area (Å²) in [6.45, 7) is 1.90. The lowest BCUT2D eigenvalue weighted by atomic mass is 10.1. The van der Waals surface area contributed by atoms with Crippen molar-refractivity contribution in [2.24, 2.45) is 0 Å². The number of hydrogen-bond donors (Lipinski definition) is 0. The highest BCUT2D eigenvalue weighted by Gasteiger charge is 2.24. The van der Waals surface area contributed by atoms with E-state index in [2.05, 4.69) is 70.5 Å². The number of anilines is 4. The lowest BCUT2D eigenvalue weighted by Crippen LogP contribution is -2.23. The summed E-state index contributed by atoms with van der Waals surface area (Å²) >= 11 is 3.49. The smallest absolute Gasteiger partial charge is 0.150 e. The predicted octanol–water partition coefficient (Wildman–Crippen LogP) is 8.78. The second-order valence-electron chi connectivity index (χ2n) is 9.55. The van der Waals surface area contributed by atoms with Gasteiger partial charge in [-0.1, -0.05) is 60.6 Å². The van der Waals surface area contributed by atoms with Crippen molar-refractivity contribution in [2.45, 2.75) is 45.3 Å². The average Bonchev–Trinajstić information content (AvgIpc) is 2.97. The van der Waals surface area contributed by atoms with Gasteiger partial charge in [-0.3, -0.25) is 9.59 Å². The van der Waals surface area contributed by atoms with Crippen molar-refractivity contribution in [1.82, 2.24) is 0 Å². The first-order valence-corrected chi connectivity index (χ1v) is 14.7. The fourth-order valence-electron chi connectivity index (χ4n) is 5.22. The van der Waals surface area contributed by atoms with Crippen LogP contribution in [0.5, 0.6) is 0 Å². The van der Waals surface area contributed by atoms with Crippen LogP contribution in [0.3, 0.4) is 0 Å². The maximum atomic E-state index is 11.3. The molecule has 0 unspecified atom stereocenters. The Kier molecular flexibility index (Phi) is 7.25. The molecule has 0 aliphatic carbocycles. The van der Waals surface area contributed by atoms with E-state index >= 15 is 0 Å². The van der Waals surface area contributed by atoms with Gasteiger partial charge in [0.25, 0.3) is 0 Å². The van der Waals surface area contributed by atoms with E-state index in [0.717, 1.165) is 72.3 Å². The largest absolute Gasteiger partial charge is 0.340 e. The summed E-state index contributed by atoms with van der Waals surface area (Å²) in [5.74, 6) is 0. The number of carbonyl (C=O) groups is 2. The third-order valence-corrected chi connectivity index (χ3v) is 9.31. The Balaban J connectivity index is 1.10. The van der Waals surface area contributed by atoms with E-state index in [1.54, 1.807) is 23.5 Å². The highest BCUT2D eigenvalue weighted by Crippen LogP contribution is 2.49. The number of unbranched alkanes of at least 4 members (excludes halogenated alkanes) is 3. The maximum Gasteiger partial charge on any atom is 0.150 e. The zero-order valence-electron chi connectivity index (χ0n) is 21.0. The summed E-state index contributed by atoms with van der Waals surface area (Å²) in [7, 11) is 0. The third kappa shape index (κ3) is 4.86. The van der Waals surface area contributed by atoms with Gasteiger partial charge in [0.15, 0.2) is 0 Å². The number of carbonyl (C=O) groups excluding carboxylic acids is 2. The Morgan fingerprint density at radius 1 is 0.500 bits per heavy atom. The average molecular weight is 537 g/mol. The highest BCUT2D eigenvalue weighted by molar-refractivity contribution is 8.00. The van der Waals surface area contributed by atoms with Gasteiger partial charge in [0.2, 0.25) is 0 Å². The second-order valence-corrected chi connectivity index (χ2v) is 11.7. The Labute approximate surface area is 232 Å². The van der Waals surface area contributed by atoms with Crippen LogP contribution in [0.4, 0.5) is 22.7 Å². The Hall–Kier alpha value is -3.48. The number of fused-ring (bicyclic) bond motifs is 4. The van der Waals surface area contributed by atoms with E-state index in [-0.39, 0.29) is 0 Å². The summed E-state index contributed by atoms with van der Waals surface area (Å²) in [5.41, 5.74) is 6.31. The van der Waals surface area contributed by atoms with Crippen molar-refractivity contribution in [3.05, 3.63) is 96.1 Å². The van der Waals surface area contributed by atoms with Crippen LogP contribution < -0.4 is 9.80 Å². The molecule has 0 amide bonds. The molecule has 6 heteroatoms. The number of nitrogens with zero attached hydrogens (tertiary/aromatic N) is 2. The molecule has 0 radical (unpaired) electrons. The van der Waals surface area contributed by atoms with Gasteiger partial charge >= 0.3 is 0 Å². The van der Waals surface area contributed by atoms with Gasteiger partial charge in [0.1, 0.15) is 12.6 Å². The fourth-order valence-corrected chi connectivity index (χ4v) is 7.51. The van der Waals surface area contributed by atoms with E-state index in [1.807, 2.05) is 24.3 Å². The van der Waals surface area contributed by atoms with Gasteiger partial charge in [0, 0.05) is 43.8 Å². The predicted molar refractivity (Wildman–Crippen MR) is 157 cm³/mol. The van der Waals surface area contributed by atoms with Crippen LogP contribution in [-0.2, 0) is 0 Å². The standard InChI is InChI=1S/C32H28N2O2S2/c35-21-23-13-15-27-31(19-23)37-29-11-5-3-9-25(29)33(27)17-7-1-2-8-18-34-26-10-4-6-12-30(26)38-32-20-24(22-36)14-16-28(32)34/h3-6,9-16,19-22H,1-2,7-8,17-18H2. The quantitative estimate of drug-likeness (QED) is 0.157. The Morgan fingerprint density at radius 3 is 1.37 bits per heavy atom. The van der Waals surface area contributed by atoms with Crippen molar-refractivity contribution < 1.29 is 9.59 Å². The summed E-state index contributed by atoms with van der Waals surface area (Å²) in [5, 5.41) is 0. The van der Waals surface area contributed by atoms with Crippen LogP contribution in [0.15, 0.2) is 105 Å². The van der Waals surface area contributed by atoms with Crippen molar-refractivity contribution in [3.63, 3.8) is 0 Å². The topological polar surface area (TPSA) is 40.6 Å². The van der Waals surface area contributed by atoms with Gasteiger partial charge < -0.3 is 9.80 Å². The molecule has 190 valence electrons. The molecule has 0 spiro atoms. The van der Waals surface area contributed by atoms with Crippen molar-refractivity contribution >= 4 is 58.8 Å². The molecule has 0 saturated heterocycles. The van der Waals surface area contributed by atoms with Crippen LogP contribution in [0.2, 0.25) is 0 Å². The van der Waals surface area contributed by atoms with E-state index in [0.29, 0.717) is 0 Å². The van der Waals surface area contributed by atoms with E-state index in [1.165, 1.54) is 32.5 Å². The normalized spacial score (nSPS) is 13.3. The molecule has 0 fully saturated rings. The molecule has 0 N–H and O–H groups in total. The molecular weight excluding hydrogens is 508 g/mol. The Bertz CT molecular complexity index is 1390.